The van der Waals surface area contributed by atoms with Gasteiger partial charge in [-0.3, -0.25) is 4.79 Å². The molecular weight excluding hydrogens is 881 g/mol. The Hall–Kier alpha value is -4.08. The number of carbonyl (C=O) groups is 1. The van der Waals surface area contributed by atoms with Crippen LogP contribution in [0.4, 0.5) is 11.4 Å². The Bertz CT molecular complexity index is 2270. The summed E-state index contributed by atoms with van der Waals surface area (Å²) in [5.74, 6) is -0.857. The fourth-order valence-electron chi connectivity index (χ4n) is 8.17. The number of ether oxygens (including phenoxy) is 6. The van der Waals surface area contributed by atoms with Gasteiger partial charge in [0, 0.05) is 81.3 Å². The molecule has 2 heterocycles. The maximum atomic E-state index is 12.2. The average Bonchev–Trinajstić information content (AvgIpc) is 3.63. The number of hydrogen-bond acceptors (Lipinski definition) is 14. The third-order valence-corrected chi connectivity index (χ3v) is 13.3. The maximum absolute atomic E-state index is 12.2. The molecule has 0 saturated heterocycles. The molecule has 2 aliphatic rings. The van der Waals surface area contributed by atoms with E-state index in [1.54, 1.807) is 26.4 Å². The summed E-state index contributed by atoms with van der Waals surface area (Å²) in [4.78, 5) is 12.7. The molecule has 0 aliphatic carbocycles. The van der Waals surface area contributed by atoms with Gasteiger partial charge in [-0.25, -0.2) is 16.8 Å². The monoisotopic (exact) mass is 945 g/mol. The molecule has 4 rings (SSSR count). The molecule has 1 N–H and O–H groups in total. The summed E-state index contributed by atoms with van der Waals surface area (Å²) < 4.78 is 108. The Morgan fingerprint density at radius 3 is 1.78 bits per heavy atom. The summed E-state index contributed by atoms with van der Waals surface area (Å²) in [5, 5.41) is 9.17. The second-order valence-corrected chi connectivity index (χ2v) is 18.8. The first-order valence-electron chi connectivity index (χ1n) is 21.9. The zero-order chi connectivity index (χ0) is 47.5. The van der Waals surface area contributed by atoms with Gasteiger partial charge in [0.05, 0.1) is 68.1 Å². The zero-order valence-corrected chi connectivity index (χ0v) is 39.8. The first-order valence-corrected chi connectivity index (χ1v) is 24.7. The summed E-state index contributed by atoms with van der Waals surface area (Å²) in [5.41, 5.74) is 3.29. The fraction of sp³-hybridized carbons (Fsp3) is 0.532. The van der Waals surface area contributed by atoms with Crippen molar-refractivity contribution >= 4 is 43.3 Å². The van der Waals surface area contributed by atoms with Crippen molar-refractivity contribution in [2.24, 2.45) is 0 Å². The predicted octanol–water partition coefficient (Wildman–Crippen LogP) is 5.99. The largest absolute Gasteiger partial charge is 0.744 e. The number of aliphatic carboxylic acids is 1. The van der Waals surface area contributed by atoms with Gasteiger partial charge in [-0.1, -0.05) is 30.4 Å². The first kappa shape index (κ1) is 53.5. The van der Waals surface area contributed by atoms with Gasteiger partial charge in [0.1, 0.15) is 26.8 Å². The van der Waals surface area contributed by atoms with E-state index >= 15 is 0 Å². The van der Waals surface area contributed by atoms with Crippen LogP contribution in [-0.4, -0.2) is 141 Å². The van der Waals surface area contributed by atoms with E-state index in [-0.39, 0.29) is 16.2 Å². The Kier molecular flexibility index (Phi) is 21.2. The van der Waals surface area contributed by atoms with Gasteiger partial charge in [-0.2, -0.15) is 4.58 Å². The van der Waals surface area contributed by atoms with Crippen molar-refractivity contribution in [1.82, 2.24) is 0 Å². The molecule has 0 radical (unpaired) electrons. The molecule has 360 valence electrons. The molecule has 0 bridgehead atoms. The van der Waals surface area contributed by atoms with E-state index in [9.17, 15) is 35.8 Å². The molecule has 0 aromatic heterocycles. The summed E-state index contributed by atoms with van der Waals surface area (Å²) >= 11 is 0. The van der Waals surface area contributed by atoms with Crippen molar-refractivity contribution in [2.45, 2.75) is 79.9 Å². The molecule has 0 amide bonds. The van der Waals surface area contributed by atoms with Gasteiger partial charge < -0.3 is 47.5 Å². The normalized spacial score (nSPS) is 19.5. The smallest absolute Gasteiger partial charge is 0.303 e. The van der Waals surface area contributed by atoms with E-state index in [4.69, 9.17) is 28.4 Å². The number of rotatable bonds is 31. The van der Waals surface area contributed by atoms with Gasteiger partial charge in [-0.05, 0) is 88.4 Å². The number of anilines is 1. The van der Waals surface area contributed by atoms with E-state index in [0.29, 0.717) is 117 Å². The molecule has 2 unspecified atom stereocenters. The lowest BCUT2D eigenvalue weighted by atomic mass is 9.76. The first-order chi connectivity index (χ1) is 31.0. The lowest BCUT2D eigenvalue weighted by molar-refractivity contribution is -0.438. The Labute approximate surface area is 384 Å². The molecule has 18 heteroatoms. The van der Waals surface area contributed by atoms with Crippen LogP contribution < -0.4 is 4.90 Å². The average molecular weight is 946 g/mol. The number of unbranched alkanes of at least 4 members (excludes halogenated alkanes) is 2. The second-order valence-electron chi connectivity index (χ2n) is 16.0. The van der Waals surface area contributed by atoms with Crippen LogP contribution in [0.15, 0.2) is 94.4 Å². The van der Waals surface area contributed by atoms with E-state index in [1.807, 2.05) is 63.3 Å². The van der Waals surface area contributed by atoms with E-state index in [0.717, 1.165) is 28.3 Å². The van der Waals surface area contributed by atoms with E-state index in [1.165, 1.54) is 24.3 Å². The molecule has 2 aliphatic heterocycles. The van der Waals surface area contributed by atoms with Crippen molar-refractivity contribution in [3.05, 3.63) is 95.8 Å². The third kappa shape index (κ3) is 15.0. The minimum Gasteiger partial charge on any atom is -0.744 e. The predicted molar refractivity (Wildman–Crippen MR) is 244 cm³/mol. The standard InChI is InChI=1S/C47H66N2O14S2/c1-6-48-41-20-18-37(64(52,53)54)35-39(41)46(2,22-25-60-31-33-62-29-27-58-4)43(48)15-11-8-7-9-12-16-44-47(3,23-26-61-32-34-63-30-28-59-5)40-36-38(65(55,56)57)19-21-42(40)49(44)24-14-10-13-17-45(50)51/h7-9,11-12,15-16,18-21,35-36H,6,10,13-14,17,22-34H2,1-5H3,(H2-,50,51,52,53,54,55,56,57)/p-1. The minimum absolute atomic E-state index is 0.0621. The number of carboxylic acid groups (broad SMARTS) is 1. The quantitative estimate of drug-likeness (QED) is 0.0398. The minimum atomic E-state index is -4.75. The van der Waals surface area contributed by atoms with Crippen LogP contribution in [-0.2, 0) is 64.3 Å². The SMILES string of the molecule is CCN1/C(=C/C=C/C=C/C=C/C2=[N+](CCCCCC(=O)O)c3ccc(S(=O)(=O)[O-])cc3C2(C)CCOCCOCCOC)C(C)(CCOCCOCCOC)c2cc(S(=O)(=O)[O-])ccc21. The lowest BCUT2D eigenvalue weighted by Gasteiger charge is -2.30. The third-order valence-electron chi connectivity index (χ3n) is 11.6. The fourth-order valence-corrected chi connectivity index (χ4v) is 9.17. The summed E-state index contributed by atoms with van der Waals surface area (Å²) in [7, 11) is -6.25. The highest BCUT2D eigenvalue weighted by Crippen LogP contribution is 2.50. The number of nitrogens with zero attached hydrogens (tertiary/aromatic N) is 2. The van der Waals surface area contributed by atoms with Crippen LogP contribution in [0.5, 0.6) is 0 Å². The highest BCUT2D eigenvalue weighted by molar-refractivity contribution is 7.86. The second kappa shape index (κ2) is 25.7. The van der Waals surface area contributed by atoms with Gasteiger partial charge in [-0.15, -0.1) is 0 Å². The van der Waals surface area contributed by atoms with Gasteiger partial charge >= 0.3 is 5.97 Å². The number of carboxylic acids is 1. The molecule has 65 heavy (non-hydrogen) atoms. The lowest BCUT2D eigenvalue weighted by Crippen LogP contribution is -2.33. The van der Waals surface area contributed by atoms with Crippen molar-refractivity contribution < 1.29 is 68.8 Å². The highest BCUT2D eigenvalue weighted by Gasteiger charge is 2.48. The van der Waals surface area contributed by atoms with Crippen LogP contribution in [0.2, 0.25) is 0 Å². The topological polar surface area (TPSA) is 213 Å². The maximum Gasteiger partial charge on any atom is 0.303 e. The van der Waals surface area contributed by atoms with E-state index < -0.39 is 37.0 Å². The highest BCUT2D eigenvalue weighted by atomic mass is 32.2. The number of methoxy groups -OCH3 is 2. The molecule has 16 nitrogen and oxygen atoms in total. The Balaban J connectivity index is 1.62. The number of hydrogen-bond donors (Lipinski definition) is 1. The van der Waals surface area contributed by atoms with Crippen molar-refractivity contribution in [1.29, 1.82) is 0 Å². The Morgan fingerprint density at radius 1 is 0.692 bits per heavy atom. The van der Waals surface area contributed by atoms with Crippen molar-refractivity contribution in [3.63, 3.8) is 0 Å². The number of benzene rings is 2. The molecule has 2 atom stereocenters. The molecule has 0 saturated carbocycles. The van der Waals surface area contributed by atoms with Gasteiger partial charge in [0.15, 0.2) is 5.71 Å². The van der Waals surface area contributed by atoms with Crippen LogP contribution in [0, 0.1) is 0 Å². The molecule has 0 spiro atoms. The van der Waals surface area contributed by atoms with Crippen LogP contribution in [0.25, 0.3) is 0 Å². The van der Waals surface area contributed by atoms with Gasteiger partial charge in [0.2, 0.25) is 5.69 Å². The zero-order valence-electron chi connectivity index (χ0n) is 38.2. The number of fused-ring (bicyclic) bond motifs is 2. The summed E-state index contributed by atoms with van der Waals surface area (Å²) in [6.45, 7) is 11.1. The van der Waals surface area contributed by atoms with Crippen LogP contribution >= 0.6 is 0 Å². The molecule has 2 aromatic carbocycles. The summed E-state index contributed by atoms with van der Waals surface area (Å²) in [6, 6.07) is 8.94. The summed E-state index contributed by atoms with van der Waals surface area (Å²) in [6.07, 6.45) is 16.2. The van der Waals surface area contributed by atoms with Crippen molar-refractivity contribution in [3.8, 4) is 0 Å². The Morgan fingerprint density at radius 2 is 1.22 bits per heavy atom. The number of likely N-dealkylation sites (N-methyl/N-ethyl adjacent to an activating group) is 1. The van der Waals surface area contributed by atoms with Crippen molar-refractivity contribution in [2.75, 3.05) is 98.3 Å². The van der Waals surface area contributed by atoms with Gasteiger partial charge in [0.25, 0.3) is 0 Å². The number of allylic oxidation sites excluding steroid dienone is 8. The van der Waals surface area contributed by atoms with Crippen LogP contribution in [0.1, 0.15) is 70.4 Å². The van der Waals surface area contributed by atoms with Crippen LogP contribution in [0.3, 0.4) is 0 Å². The molecule has 0 fully saturated rings. The van der Waals surface area contributed by atoms with E-state index in [2.05, 4.69) is 9.48 Å². The molecular formula is C47H65N2O14S2-. The molecule has 2 aromatic rings.